The van der Waals surface area contributed by atoms with Gasteiger partial charge in [0, 0.05) is 12.6 Å². The first-order valence-electron chi connectivity index (χ1n) is 8.12. The van der Waals surface area contributed by atoms with Crippen LogP contribution in [0.2, 0.25) is 0 Å². The van der Waals surface area contributed by atoms with Gasteiger partial charge in [-0.2, -0.15) is 0 Å². The smallest absolute Gasteiger partial charge is 0.271 e. The normalized spacial score (nSPS) is 10.4. The molecule has 0 aliphatic carbocycles. The fraction of sp³-hybridized carbons (Fsp3) is 0.211. The Morgan fingerprint density at radius 1 is 1.04 bits per heavy atom. The van der Waals surface area contributed by atoms with E-state index in [1.165, 1.54) is 6.20 Å². The van der Waals surface area contributed by atoms with E-state index in [2.05, 4.69) is 15.6 Å². The zero-order chi connectivity index (χ0) is 18.4. The van der Waals surface area contributed by atoms with Gasteiger partial charge in [-0.05, 0) is 23.3 Å². The van der Waals surface area contributed by atoms with Gasteiger partial charge in [0.25, 0.3) is 5.91 Å². The number of methoxy groups -OCH3 is 2. The highest BCUT2D eigenvalue weighted by Crippen LogP contribution is 2.22. The summed E-state index contributed by atoms with van der Waals surface area (Å²) in [6.45, 7) is 0.819. The number of ether oxygens (including phenoxy) is 2. The van der Waals surface area contributed by atoms with Crippen LogP contribution in [0, 0.1) is 0 Å². The van der Waals surface area contributed by atoms with E-state index < -0.39 is 0 Å². The van der Waals surface area contributed by atoms with Gasteiger partial charge in [0.15, 0.2) is 0 Å². The molecule has 3 aromatic rings. The number of carbonyl (C=O) groups excluding carboxylic acids is 1. The molecular weight excluding hydrogens is 332 g/mol. The van der Waals surface area contributed by atoms with Gasteiger partial charge in [0.2, 0.25) is 0 Å². The van der Waals surface area contributed by atoms with E-state index in [4.69, 9.17) is 9.47 Å². The van der Waals surface area contributed by atoms with Gasteiger partial charge in [-0.25, -0.2) is 4.68 Å². The maximum atomic E-state index is 12.5. The molecule has 0 aliphatic rings. The Bertz CT molecular complexity index is 855. The molecule has 0 spiro atoms. The third kappa shape index (κ3) is 4.18. The largest absolute Gasteiger partial charge is 0.497 e. The second-order valence-electron chi connectivity index (χ2n) is 5.67. The second kappa shape index (κ2) is 8.15. The SMILES string of the molecule is COc1cc(CNC(=O)c2cnnn2Cc2ccccc2)cc(OC)c1. The molecule has 0 saturated heterocycles. The van der Waals surface area contributed by atoms with Crippen molar-refractivity contribution in [2.24, 2.45) is 0 Å². The highest BCUT2D eigenvalue weighted by molar-refractivity contribution is 5.92. The Labute approximate surface area is 151 Å². The van der Waals surface area contributed by atoms with Gasteiger partial charge in [0.1, 0.15) is 17.2 Å². The van der Waals surface area contributed by atoms with Crippen LogP contribution in [0.5, 0.6) is 11.5 Å². The van der Waals surface area contributed by atoms with Crippen molar-refractivity contribution in [3.8, 4) is 11.5 Å². The number of aromatic nitrogens is 3. The average Bonchev–Trinajstić information content (AvgIpc) is 3.14. The minimum Gasteiger partial charge on any atom is -0.497 e. The lowest BCUT2D eigenvalue weighted by Gasteiger charge is -2.10. The molecule has 0 saturated carbocycles. The van der Waals surface area contributed by atoms with Crippen LogP contribution in [-0.4, -0.2) is 35.1 Å². The lowest BCUT2D eigenvalue weighted by Crippen LogP contribution is -2.26. The van der Waals surface area contributed by atoms with Crippen molar-refractivity contribution in [1.29, 1.82) is 0 Å². The molecule has 0 radical (unpaired) electrons. The summed E-state index contributed by atoms with van der Waals surface area (Å²) >= 11 is 0. The minimum absolute atomic E-state index is 0.243. The van der Waals surface area contributed by atoms with Crippen LogP contribution in [0.15, 0.2) is 54.7 Å². The number of nitrogens with zero attached hydrogens (tertiary/aromatic N) is 3. The number of hydrogen-bond donors (Lipinski definition) is 1. The maximum absolute atomic E-state index is 12.5. The van der Waals surface area contributed by atoms with E-state index in [0.29, 0.717) is 30.3 Å². The third-order valence-corrected chi connectivity index (χ3v) is 3.89. The van der Waals surface area contributed by atoms with E-state index in [9.17, 15) is 4.79 Å². The van der Waals surface area contributed by atoms with Gasteiger partial charge in [-0.15, -0.1) is 5.10 Å². The van der Waals surface area contributed by atoms with E-state index in [0.717, 1.165) is 11.1 Å². The molecule has 7 heteroatoms. The molecule has 0 bridgehead atoms. The molecule has 134 valence electrons. The van der Waals surface area contributed by atoms with Crippen molar-refractivity contribution in [3.63, 3.8) is 0 Å². The van der Waals surface area contributed by atoms with E-state index >= 15 is 0 Å². The lowest BCUT2D eigenvalue weighted by atomic mass is 10.2. The molecule has 1 heterocycles. The van der Waals surface area contributed by atoms with Crippen molar-refractivity contribution < 1.29 is 14.3 Å². The van der Waals surface area contributed by atoms with Crippen LogP contribution in [0.3, 0.4) is 0 Å². The molecule has 0 unspecified atom stereocenters. The van der Waals surface area contributed by atoms with Crippen molar-refractivity contribution in [3.05, 3.63) is 71.5 Å². The predicted octanol–water partition coefficient (Wildman–Crippen LogP) is 2.27. The predicted molar refractivity (Wildman–Crippen MR) is 96.3 cm³/mol. The van der Waals surface area contributed by atoms with Crippen molar-refractivity contribution in [2.75, 3.05) is 14.2 Å². The number of benzene rings is 2. The summed E-state index contributed by atoms with van der Waals surface area (Å²) < 4.78 is 12.1. The van der Waals surface area contributed by atoms with E-state index in [1.807, 2.05) is 42.5 Å². The molecule has 1 amide bonds. The van der Waals surface area contributed by atoms with Crippen LogP contribution in [-0.2, 0) is 13.1 Å². The number of rotatable bonds is 7. The number of carbonyl (C=O) groups is 1. The fourth-order valence-corrected chi connectivity index (χ4v) is 2.55. The summed E-state index contributed by atoms with van der Waals surface area (Å²) in [4.78, 5) is 12.5. The summed E-state index contributed by atoms with van der Waals surface area (Å²) in [6.07, 6.45) is 1.46. The van der Waals surface area contributed by atoms with Gasteiger partial charge < -0.3 is 14.8 Å². The standard InChI is InChI=1S/C19H20N4O3/c1-25-16-8-15(9-17(10-16)26-2)11-20-19(24)18-12-21-22-23(18)13-14-6-4-3-5-7-14/h3-10,12H,11,13H2,1-2H3,(H,20,24). The second-order valence-corrected chi connectivity index (χ2v) is 5.67. The minimum atomic E-state index is -0.243. The Kier molecular flexibility index (Phi) is 5.48. The molecule has 26 heavy (non-hydrogen) atoms. The number of hydrogen-bond acceptors (Lipinski definition) is 5. The Morgan fingerprint density at radius 2 is 1.73 bits per heavy atom. The summed E-state index contributed by atoms with van der Waals surface area (Å²) in [5.41, 5.74) is 2.32. The zero-order valence-corrected chi connectivity index (χ0v) is 14.7. The molecule has 1 N–H and O–H groups in total. The van der Waals surface area contributed by atoms with Crippen LogP contribution in [0.25, 0.3) is 0 Å². The molecule has 0 atom stereocenters. The molecule has 1 aromatic heterocycles. The highest BCUT2D eigenvalue weighted by atomic mass is 16.5. The van der Waals surface area contributed by atoms with Crippen molar-refractivity contribution in [2.45, 2.75) is 13.1 Å². The summed E-state index contributed by atoms with van der Waals surface area (Å²) in [7, 11) is 3.18. The maximum Gasteiger partial charge on any atom is 0.271 e. The van der Waals surface area contributed by atoms with Crippen LogP contribution >= 0.6 is 0 Å². The van der Waals surface area contributed by atoms with Gasteiger partial charge >= 0.3 is 0 Å². The van der Waals surface area contributed by atoms with E-state index in [-0.39, 0.29) is 5.91 Å². The third-order valence-electron chi connectivity index (χ3n) is 3.89. The quantitative estimate of drug-likeness (QED) is 0.706. The Morgan fingerprint density at radius 3 is 2.38 bits per heavy atom. The van der Waals surface area contributed by atoms with Crippen molar-refractivity contribution in [1.82, 2.24) is 20.3 Å². The average molecular weight is 352 g/mol. The van der Waals surface area contributed by atoms with Crippen LogP contribution < -0.4 is 14.8 Å². The summed E-state index contributed by atoms with van der Waals surface area (Å²) in [5.74, 6) is 1.10. The summed E-state index contributed by atoms with van der Waals surface area (Å²) in [6, 6.07) is 15.3. The lowest BCUT2D eigenvalue weighted by molar-refractivity contribution is 0.0940. The number of amides is 1. The van der Waals surface area contributed by atoms with E-state index in [1.54, 1.807) is 25.0 Å². The van der Waals surface area contributed by atoms with Crippen LogP contribution in [0.1, 0.15) is 21.6 Å². The molecule has 2 aromatic carbocycles. The zero-order valence-electron chi connectivity index (χ0n) is 14.7. The molecule has 0 fully saturated rings. The highest BCUT2D eigenvalue weighted by Gasteiger charge is 2.13. The van der Waals surface area contributed by atoms with Crippen LogP contribution in [0.4, 0.5) is 0 Å². The molecular formula is C19H20N4O3. The fourth-order valence-electron chi connectivity index (χ4n) is 2.55. The van der Waals surface area contributed by atoms with Crippen molar-refractivity contribution >= 4 is 5.91 Å². The monoisotopic (exact) mass is 352 g/mol. The molecule has 0 aliphatic heterocycles. The molecule has 7 nitrogen and oxygen atoms in total. The topological polar surface area (TPSA) is 78.3 Å². The molecule has 3 rings (SSSR count). The van der Waals surface area contributed by atoms with Gasteiger partial charge in [0.05, 0.1) is 27.0 Å². The first-order valence-corrected chi connectivity index (χ1v) is 8.12. The first kappa shape index (κ1) is 17.5. The van der Waals surface area contributed by atoms with Gasteiger partial charge in [-0.3, -0.25) is 4.79 Å². The first-order chi connectivity index (χ1) is 12.7. The Balaban J connectivity index is 1.69. The summed E-state index contributed by atoms with van der Waals surface area (Å²) in [5, 5.41) is 10.7. The van der Waals surface area contributed by atoms with Gasteiger partial charge in [-0.1, -0.05) is 35.5 Å². The Hall–Kier alpha value is -3.35. The number of nitrogens with one attached hydrogen (secondary N) is 1.